The first kappa shape index (κ1) is 11.1. The first-order valence-corrected chi connectivity index (χ1v) is 7.58. The van der Waals surface area contributed by atoms with Crippen molar-refractivity contribution in [2.45, 2.75) is 19.4 Å². The van der Waals surface area contributed by atoms with E-state index in [2.05, 4.69) is 5.09 Å². The largest absolute Gasteiger partial charge is 0.316 e. The second-order valence-electron chi connectivity index (χ2n) is 3.51. The molecule has 1 aromatic rings. The fourth-order valence-electron chi connectivity index (χ4n) is 1.39. The Morgan fingerprint density at radius 1 is 1.40 bits per heavy atom. The smallest absolute Gasteiger partial charge is 0.287 e. The van der Waals surface area contributed by atoms with Crippen LogP contribution in [0.15, 0.2) is 30.3 Å². The van der Waals surface area contributed by atoms with Crippen molar-refractivity contribution in [2.24, 2.45) is 0 Å². The van der Waals surface area contributed by atoms with Crippen LogP contribution in [0.25, 0.3) is 0 Å². The van der Waals surface area contributed by atoms with Gasteiger partial charge in [0.1, 0.15) is 0 Å². The van der Waals surface area contributed by atoms with Crippen molar-refractivity contribution in [1.29, 1.82) is 0 Å². The van der Waals surface area contributed by atoms with E-state index in [1.165, 1.54) is 0 Å². The Kier molecular flexibility index (Phi) is 3.42. The molecule has 1 N–H and O–H groups in total. The summed E-state index contributed by atoms with van der Waals surface area (Å²) < 4.78 is 11.2. The van der Waals surface area contributed by atoms with Crippen molar-refractivity contribution in [3.05, 3.63) is 30.3 Å². The Morgan fingerprint density at radius 3 is 2.80 bits per heavy atom. The highest BCUT2D eigenvalue weighted by atomic mass is 32.5. The lowest BCUT2D eigenvalue weighted by atomic mass is 10.3. The van der Waals surface area contributed by atoms with Crippen LogP contribution in [-0.4, -0.2) is 12.7 Å². The third-order valence-corrected chi connectivity index (χ3v) is 4.68. The zero-order valence-electron chi connectivity index (χ0n) is 8.55. The zero-order chi connectivity index (χ0) is 10.7. The summed E-state index contributed by atoms with van der Waals surface area (Å²) in [5.41, 5.74) is 0.954. The molecule has 0 radical (unpaired) electrons. The molecule has 5 heteroatoms. The van der Waals surface area contributed by atoms with E-state index in [4.69, 9.17) is 20.9 Å². The summed E-state index contributed by atoms with van der Waals surface area (Å²) in [6.45, 7) is 0.395. The molecule has 0 aliphatic carbocycles. The van der Waals surface area contributed by atoms with Crippen LogP contribution in [-0.2, 0) is 20.9 Å². The van der Waals surface area contributed by atoms with Crippen LogP contribution >= 0.6 is 6.64 Å². The van der Waals surface area contributed by atoms with Crippen LogP contribution in [0, 0.1) is 0 Å². The van der Waals surface area contributed by atoms with E-state index in [-0.39, 0.29) is 6.10 Å². The van der Waals surface area contributed by atoms with E-state index in [1.807, 2.05) is 37.3 Å². The zero-order valence-corrected chi connectivity index (χ0v) is 10.3. The molecule has 0 unspecified atom stereocenters. The molecule has 2 rings (SSSR count). The van der Waals surface area contributed by atoms with Crippen LogP contribution in [0.3, 0.4) is 0 Å². The predicted molar refractivity (Wildman–Crippen MR) is 65.5 cm³/mol. The molecule has 0 amide bonds. The molecule has 1 aliphatic rings. The lowest BCUT2D eigenvalue weighted by Crippen LogP contribution is -2.20. The second kappa shape index (κ2) is 4.62. The summed E-state index contributed by atoms with van der Waals surface area (Å²) >= 11 is 5.37. The fourth-order valence-corrected chi connectivity index (χ4v) is 3.94. The van der Waals surface area contributed by atoms with Crippen LogP contribution < -0.4 is 5.09 Å². The third kappa shape index (κ3) is 3.02. The van der Waals surface area contributed by atoms with Gasteiger partial charge in [-0.2, -0.15) is 0 Å². The summed E-state index contributed by atoms with van der Waals surface area (Å²) in [5, 5.41) is 3.17. The van der Waals surface area contributed by atoms with E-state index in [9.17, 15) is 0 Å². The highest BCUT2D eigenvalue weighted by Crippen LogP contribution is 2.52. The Morgan fingerprint density at radius 2 is 2.13 bits per heavy atom. The standard InChI is InChI=1S/C10H14NO2PS/c1-9-7-8-12-14(15,13-9)11-10-5-3-2-4-6-10/h2-6,9H,7-8H2,1H3,(H,11,15)/t9-,14+/m0/s1. The average Bonchev–Trinajstić information content (AvgIpc) is 2.18. The van der Waals surface area contributed by atoms with Crippen molar-refractivity contribution in [3.8, 4) is 0 Å². The number of nitrogens with one attached hydrogen (secondary N) is 1. The highest BCUT2D eigenvalue weighted by Gasteiger charge is 2.26. The average molecular weight is 243 g/mol. The molecule has 0 bridgehead atoms. The lowest BCUT2D eigenvalue weighted by Gasteiger charge is -2.31. The van der Waals surface area contributed by atoms with Crippen molar-refractivity contribution < 1.29 is 9.05 Å². The predicted octanol–water partition coefficient (Wildman–Crippen LogP) is 3.15. The number of para-hydroxylation sites is 1. The van der Waals surface area contributed by atoms with Gasteiger partial charge in [0.05, 0.1) is 12.7 Å². The maximum atomic E-state index is 5.67. The molecule has 1 aliphatic heterocycles. The maximum Gasteiger partial charge on any atom is 0.287 e. The van der Waals surface area contributed by atoms with Crippen molar-refractivity contribution in [1.82, 2.24) is 0 Å². The molecular weight excluding hydrogens is 229 g/mol. The van der Waals surface area contributed by atoms with E-state index in [0.717, 1.165) is 12.1 Å². The van der Waals surface area contributed by atoms with Crippen LogP contribution in [0.4, 0.5) is 5.69 Å². The topological polar surface area (TPSA) is 30.5 Å². The fraction of sp³-hybridized carbons (Fsp3) is 0.400. The molecule has 3 nitrogen and oxygen atoms in total. The minimum absolute atomic E-state index is 0.181. The van der Waals surface area contributed by atoms with E-state index < -0.39 is 6.64 Å². The lowest BCUT2D eigenvalue weighted by molar-refractivity contribution is 0.121. The molecule has 82 valence electrons. The van der Waals surface area contributed by atoms with Crippen LogP contribution in [0.1, 0.15) is 13.3 Å². The van der Waals surface area contributed by atoms with Crippen molar-refractivity contribution in [2.75, 3.05) is 11.7 Å². The SMILES string of the molecule is C[C@H]1CCO[P@](=S)(Nc2ccccc2)O1. The van der Waals surface area contributed by atoms with Gasteiger partial charge in [0.25, 0.3) is 6.64 Å². The normalized spacial score (nSPS) is 31.1. The van der Waals surface area contributed by atoms with Gasteiger partial charge in [-0.15, -0.1) is 0 Å². The molecule has 0 saturated carbocycles. The molecular formula is C10H14NO2PS. The number of hydrogen-bond donors (Lipinski definition) is 1. The maximum absolute atomic E-state index is 5.67. The van der Waals surface area contributed by atoms with Crippen molar-refractivity contribution >= 4 is 24.1 Å². The number of anilines is 1. The Bertz CT molecular complexity index is 371. The highest BCUT2D eigenvalue weighted by molar-refractivity contribution is 8.10. The van der Waals surface area contributed by atoms with Gasteiger partial charge in [-0.1, -0.05) is 18.2 Å². The van der Waals surface area contributed by atoms with Crippen molar-refractivity contribution in [3.63, 3.8) is 0 Å². The molecule has 1 heterocycles. The van der Waals surface area contributed by atoms with Crippen LogP contribution in [0.5, 0.6) is 0 Å². The van der Waals surface area contributed by atoms with Gasteiger partial charge in [-0.05, 0) is 37.3 Å². The molecule has 1 fully saturated rings. The van der Waals surface area contributed by atoms with Gasteiger partial charge in [0.15, 0.2) is 0 Å². The third-order valence-electron chi connectivity index (χ3n) is 2.14. The number of rotatable bonds is 2. The molecule has 0 aromatic heterocycles. The number of benzene rings is 1. The molecule has 15 heavy (non-hydrogen) atoms. The van der Waals surface area contributed by atoms with Gasteiger partial charge in [0, 0.05) is 5.69 Å². The summed E-state index contributed by atoms with van der Waals surface area (Å²) in [6, 6.07) is 9.79. The van der Waals surface area contributed by atoms with E-state index in [1.54, 1.807) is 0 Å². The Hall–Kier alpha value is -0.410. The first-order valence-electron chi connectivity index (χ1n) is 4.94. The Labute approximate surface area is 95.0 Å². The summed E-state index contributed by atoms with van der Waals surface area (Å²) in [6.07, 6.45) is 1.09. The molecule has 0 spiro atoms. The van der Waals surface area contributed by atoms with Gasteiger partial charge in [0.2, 0.25) is 0 Å². The van der Waals surface area contributed by atoms with E-state index >= 15 is 0 Å². The quantitative estimate of drug-likeness (QED) is 0.808. The summed E-state index contributed by atoms with van der Waals surface area (Å²) in [7, 11) is 0. The summed E-state index contributed by atoms with van der Waals surface area (Å²) in [5.74, 6) is 0. The van der Waals surface area contributed by atoms with Gasteiger partial charge >= 0.3 is 0 Å². The van der Waals surface area contributed by atoms with E-state index in [0.29, 0.717) is 6.61 Å². The second-order valence-corrected chi connectivity index (χ2v) is 6.64. The first-order chi connectivity index (χ1) is 7.18. The minimum Gasteiger partial charge on any atom is -0.316 e. The summed E-state index contributed by atoms with van der Waals surface area (Å²) in [4.78, 5) is 0. The molecule has 1 saturated heterocycles. The molecule has 2 atom stereocenters. The van der Waals surface area contributed by atoms with Gasteiger partial charge in [-0.3, -0.25) is 0 Å². The molecule has 1 aromatic carbocycles. The minimum atomic E-state index is -2.31. The van der Waals surface area contributed by atoms with Crippen LogP contribution in [0.2, 0.25) is 0 Å². The van der Waals surface area contributed by atoms with Gasteiger partial charge in [-0.25, -0.2) is 0 Å². The number of hydrogen-bond acceptors (Lipinski definition) is 3. The van der Waals surface area contributed by atoms with Gasteiger partial charge < -0.3 is 14.1 Å². The Balaban J connectivity index is 2.07. The monoisotopic (exact) mass is 243 g/mol.